The Morgan fingerprint density at radius 3 is 2.80 bits per heavy atom. The van der Waals surface area contributed by atoms with E-state index in [1.807, 2.05) is 30.3 Å². The number of fused-ring (bicyclic) bond motifs is 1. The highest BCUT2D eigenvalue weighted by molar-refractivity contribution is 6.30. The van der Waals surface area contributed by atoms with E-state index in [0.717, 1.165) is 16.5 Å². The van der Waals surface area contributed by atoms with Gasteiger partial charge in [0, 0.05) is 28.2 Å². The summed E-state index contributed by atoms with van der Waals surface area (Å²) in [6.45, 7) is 0.416. The number of rotatable bonds is 6. The molecule has 0 atom stereocenters. The summed E-state index contributed by atoms with van der Waals surface area (Å²) in [5, 5.41) is 1.62. The van der Waals surface area contributed by atoms with Crippen LogP contribution in [-0.4, -0.2) is 24.2 Å². The Morgan fingerprint density at radius 2 is 1.92 bits per heavy atom. The first-order chi connectivity index (χ1) is 12.2. The second-order valence-electron chi connectivity index (χ2n) is 5.23. The minimum atomic E-state index is -0.428. The van der Waals surface area contributed by atoms with Crippen LogP contribution < -0.4 is 4.74 Å². The van der Waals surface area contributed by atoms with Gasteiger partial charge in [0.15, 0.2) is 0 Å². The first kappa shape index (κ1) is 17.0. The van der Waals surface area contributed by atoms with Gasteiger partial charge in [-0.05, 0) is 30.3 Å². The Hall–Kier alpha value is -2.85. The molecule has 25 heavy (non-hydrogen) atoms. The summed E-state index contributed by atoms with van der Waals surface area (Å²) in [7, 11) is 0. The predicted octanol–water partition coefficient (Wildman–Crippen LogP) is 4.52. The molecule has 3 aromatic rings. The third-order valence-corrected chi connectivity index (χ3v) is 3.69. The van der Waals surface area contributed by atoms with Gasteiger partial charge in [-0.3, -0.25) is 4.98 Å². The van der Waals surface area contributed by atoms with E-state index < -0.39 is 5.97 Å². The molecule has 3 rings (SSSR count). The van der Waals surface area contributed by atoms with Crippen molar-refractivity contribution < 1.29 is 14.3 Å². The van der Waals surface area contributed by atoms with Crippen LogP contribution in [0.4, 0.5) is 0 Å². The quantitative estimate of drug-likeness (QED) is 0.371. The summed E-state index contributed by atoms with van der Waals surface area (Å²) in [4.78, 5) is 16.2. The van der Waals surface area contributed by atoms with Crippen LogP contribution in [0.1, 0.15) is 5.56 Å². The molecule has 1 aromatic heterocycles. The van der Waals surface area contributed by atoms with Gasteiger partial charge < -0.3 is 9.47 Å². The zero-order chi connectivity index (χ0) is 17.5. The number of para-hydroxylation sites is 1. The van der Waals surface area contributed by atoms with Gasteiger partial charge in [0.05, 0.1) is 5.52 Å². The first-order valence-electron chi connectivity index (χ1n) is 7.79. The standard InChI is InChI=1S/C20H16ClNO3/c21-17-7-2-8-18(14-17)24-12-13-25-19(23)10-9-16-5-1-4-15-6-3-11-22-20(15)16/h1-11,14H,12-13H2/b10-9-. The fraction of sp³-hybridized carbons (Fsp3) is 0.100. The van der Waals surface area contributed by atoms with Crippen LogP contribution in [-0.2, 0) is 9.53 Å². The molecule has 0 aliphatic heterocycles. The van der Waals surface area contributed by atoms with E-state index in [0.29, 0.717) is 10.8 Å². The van der Waals surface area contributed by atoms with E-state index in [2.05, 4.69) is 4.98 Å². The van der Waals surface area contributed by atoms with Gasteiger partial charge in [0.2, 0.25) is 0 Å². The number of pyridine rings is 1. The van der Waals surface area contributed by atoms with Crippen molar-refractivity contribution in [1.82, 2.24) is 4.98 Å². The fourth-order valence-corrected chi connectivity index (χ4v) is 2.51. The van der Waals surface area contributed by atoms with Crippen LogP contribution in [0.25, 0.3) is 17.0 Å². The van der Waals surface area contributed by atoms with Gasteiger partial charge in [0.1, 0.15) is 19.0 Å². The van der Waals surface area contributed by atoms with Crippen LogP contribution in [0.5, 0.6) is 5.75 Å². The summed E-state index contributed by atoms with van der Waals surface area (Å²) in [5.74, 6) is 0.212. The minimum absolute atomic E-state index is 0.156. The number of halogens is 1. The Bertz CT molecular complexity index is 903. The topological polar surface area (TPSA) is 48.4 Å². The molecule has 0 aliphatic carbocycles. The molecule has 0 bridgehead atoms. The van der Waals surface area contributed by atoms with E-state index in [-0.39, 0.29) is 13.2 Å². The molecule has 0 amide bonds. The van der Waals surface area contributed by atoms with Gasteiger partial charge >= 0.3 is 5.97 Å². The molecule has 0 saturated carbocycles. The van der Waals surface area contributed by atoms with Crippen molar-refractivity contribution in [2.45, 2.75) is 0 Å². The Morgan fingerprint density at radius 1 is 1.08 bits per heavy atom. The maximum absolute atomic E-state index is 11.8. The number of carbonyl (C=O) groups excluding carboxylic acids is 1. The average Bonchev–Trinajstić information content (AvgIpc) is 2.63. The molecule has 0 aliphatic rings. The molecular weight excluding hydrogens is 338 g/mol. The van der Waals surface area contributed by atoms with Gasteiger partial charge in [-0.1, -0.05) is 41.9 Å². The maximum atomic E-state index is 11.8. The summed E-state index contributed by atoms with van der Waals surface area (Å²) in [6.07, 6.45) is 4.82. The number of ether oxygens (including phenoxy) is 2. The van der Waals surface area contributed by atoms with Crippen LogP contribution in [0.3, 0.4) is 0 Å². The monoisotopic (exact) mass is 353 g/mol. The predicted molar refractivity (Wildman–Crippen MR) is 98.7 cm³/mol. The first-order valence-corrected chi connectivity index (χ1v) is 8.17. The van der Waals surface area contributed by atoms with Crippen LogP contribution >= 0.6 is 11.6 Å². The van der Waals surface area contributed by atoms with Crippen molar-refractivity contribution in [2.24, 2.45) is 0 Å². The number of aromatic nitrogens is 1. The third-order valence-electron chi connectivity index (χ3n) is 3.46. The van der Waals surface area contributed by atoms with Gasteiger partial charge in [-0.2, -0.15) is 0 Å². The van der Waals surface area contributed by atoms with E-state index in [4.69, 9.17) is 21.1 Å². The highest BCUT2D eigenvalue weighted by atomic mass is 35.5. The van der Waals surface area contributed by atoms with Crippen molar-refractivity contribution in [2.75, 3.05) is 13.2 Å². The Labute approximate surface area is 150 Å². The lowest BCUT2D eigenvalue weighted by molar-refractivity contribution is -0.138. The lowest BCUT2D eigenvalue weighted by atomic mass is 10.1. The Kier molecular flexibility index (Phi) is 5.65. The lowest BCUT2D eigenvalue weighted by Crippen LogP contribution is -2.10. The van der Waals surface area contributed by atoms with Crippen molar-refractivity contribution in [3.05, 3.63) is 77.5 Å². The highest BCUT2D eigenvalue weighted by Crippen LogP contribution is 2.18. The fourth-order valence-electron chi connectivity index (χ4n) is 2.33. The van der Waals surface area contributed by atoms with E-state index in [1.54, 1.807) is 36.5 Å². The average molecular weight is 354 g/mol. The summed E-state index contributed by atoms with van der Waals surface area (Å²) >= 11 is 5.87. The number of hydrogen-bond acceptors (Lipinski definition) is 4. The van der Waals surface area contributed by atoms with Crippen molar-refractivity contribution in [3.8, 4) is 5.75 Å². The molecule has 4 nitrogen and oxygen atoms in total. The zero-order valence-electron chi connectivity index (χ0n) is 13.4. The largest absolute Gasteiger partial charge is 0.490 e. The van der Waals surface area contributed by atoms with Crippen molar-refractivity contribution >= 4 is 34.5 Å². The molecule has 0 fully saturated rings. The van der Waals surface area contributed by atoms with Gasteiger partial charge in [-0.25, -0.2) is 4.79 Å². The lowest BCUT2D eigenvalue weighted by Gasteiger charge is -2.06. The van der Waals surface area contributed by atoms with Crippen LogP contribution in [0.2, 0.25) is 5.02 Å². The zero-order valence-corrected chi connectivity index (χ0v) is 14.1. The summed E-state index contributed by atoms with van der Waals surface area (Å²) < 4.78 is 10.6. The normalized spacial score (nSPS) is 10.9. The number of esters is 1. The van der Waals surface area contributed by atoms with Crippen molar-refractivity contribution in [1.29, 1.82) is 0 Å². The molecule has 126 valence electrons. The molecular formula is C20H16ClNO3. The molecule has 0 radical (unpaired) electrons. The molecule has 5 heteroatoms. The molecule has 1 heterocycles. The second kappa shape index (κ2) is 8.31. The smallest absolute Gasteiger partial charge is 0.330 e. The Balaban J connectivity index is 1.51. The highest BCUT2D eigenvalue weighted by Gasteiger charge is 2.01. The molecule has 0 spiro atoms. The van der Waals surface area contributed by atoms with Gasteiger partial charge in [0.25, 0.3) is 0 Å². The summed E-state index contributed by atoms with van der Waals surface area (Å²) in [5.41, 5.74) is 1.71. The number of benzene rings is 2. The van der Waals surface area contributed by atoms with Crippen LogP contribution in [0.15, 0.2) is 66.9 Å². The van der Waals surface area contributed by atoms with E-state index in [1.165, 1.54) is 6.08 Å². The SMILES string of the molecule is O=C(/C=C\c1cccc2cccnc12)OCCOc1cccc(Cl)c1. The van der Waals surface area contributed by atoms with E-state index >= 15 is 0 Å². The second-order valence-corrected chi connectivity index (χ2v) is 5.67. The molecule has 0 saturated heterocycles. The molecule has 0 unspecified atom stereocenters. The van der Waals surface area contributed by atoms with Gasteiger partial charge in [-0.15, -0.1) is 0 Å². The molecule has 2 aromatic carbocycles. The summed E-state index contributed by atoms with van der Waals surface area (Å²) in [6, 6.07) is 16.7. The molecule has 0 N–H and O–H groups in total. The van der Waals surface area contributed by atoms with Crippen molar-refractivity contribution in [3.63, 3.8) is 0 Å². The number of carbonyl (C=O) groups is 1. The maximum Gasteiger partial charge on any atom is 0.330 e. The third kappa shape index (κ3) is 4.81. The number of nitrogens with zero attached hydrogens (tertiary/aromatic N) is 1. The van der Waals surface area contributed by atoms with E-state index in [9.17, 15) is 4.79 Å². The minimum Gasteiger partial charge on any atom is -0.490 e. The number of hydrogen-bond donors (Lipinski definition) is 0. The van der Waals surface area contributed by atoms with Crippen LogP contribution in [0, 0.1) is 0 Å².